The Morgan fingerprint density at radius 2 is 2.25 bits per heavy atom. The minimum absolute atomic E-state index is 0.266. The first-order valence-corrected chi connectivity index (χ1v) is 8.29. The lowest BCUT2D eigenvalue weighted by Gasteiger charge is -2.27. The van der Waals surface area contributed by atoms with Gasteiger partial charge < -0.3 is 35.3 Å². The van der Waals surface area contributed by atoms with Gasteiger partial charge in [0.25, 0.3) is 0 Å². The molecule has 1 aliphatic rings. The maximum Gasteiger partial charge on any atom is 0.232 e. The van der Waals surface area contributed by atoms with Crippen molar-refractivity contribution < 1.29 is 34.5 Å². The van der Waals surface area contributed by atoms with E-state index < -0.39 is 38.9 Å². The summed E-state index contributed by atoms with van der Waals surface area (Å²) in [5, 5.41) is 30.1. The number of nitrogen functional groups attached to an aromatic ring is 1. The van der Waals surface area contributed by atoms with Crippen LogP contribution < -0.4 is 5.73 Å². The summed E-state index contributed by atoms with van der Waals surface area (Å²) in [5.74, 6) is 0.266. The van der Waals surface area contributed by atoms with Gasteiger partial charge in [0.05, 0.1) is 5.39 Å². The average molecular weight is 360 g/mol. The maximum absolute atomic E-state index is 10.6. The molecule has 0 amide bonds. The molecule has 3 rings (SSSR count). The number of aliphatic hydroxyl groups is 3. The fraction of sp³-hybridized carbons (Fsp3) is 0.500. The molecule has 1 fully saturated rings. The summed E-state index contributed by atoms with van der Waals surface area (Å²) in [6.07, 6.45) is -1.72. The second-order valence-electron chi connectivity index (χ2n) is 5.41. The highest BCUT2D eigenvalue weighted by atomic mass is 31.2. The van der Waals surface area contributed by atoms with Crippen LogP contribution in [0.4, 0.5) is 5.82 Å². The highest BCUT2D eigenvalue weighted by molar-refractivity contribution is 7.45. The number of hydrogen-bond donors (Lipinski definition) is 5. The molecular formula is C12H17N4O7P. The van der Waals surface area contributed by atoms with Crippen LogP contribution in [0, 0.1) is 0 Å². The third-order valence-corrected chi connectivity index (χ3v) is 4.26. The highest BCUT2D eigenvalue weighted by Crippen LogP contribution is 2.42. The Bertz CT molecular complexity index is 726. The summed E-state index contributed by atoms with van der Waals surface area (Å²) in [7, 11) is -2.22. The Hall–Kier alpha value is -1.43. The molecule has 2 aromatic rings. The van der Waals surface area contributed by atoms with Gasteiger partial charge in [0.15, 0.2) is 6.23 Å². The fourth-order valence-corrected chi connectivity index (χ4v) is 2.71. The number of aromatic nitrogens is 3. The molecular weight excluding hydrogens is 343 g/mol. The van der Waals surface area contributed by atoms with Crippen LogP contribution in [0.25, 0.3) is 11.0 Å². The van der Waals surface area contributed by atoms with E-state index in [0.29, 0.717) is 11.0 Å². The maximum atomic E-state index is 10.6. The van der Waals surface area contributed by atoms with Gasteiger partial charge in [-0.1, -0.05) is 0 Å². The van der Waals surface area contributed by atoms with E-state index >= 15 is 0 Å². The number of nitrogens with zero attached hydrogens (tertiary/aromatic N) is 3. The van der Waals surface area contributed by atoms with Crippen molar-refractivity contribution >= 4 is 25.2 Å². The molecule has 3 heterocycles. The first-order chi connectivity index (χ1) is 11.4. The minimum Gasteiger partial charge on any atom is -0.387 e. The Kier molecular flexibility index (Phi) is 4.69. The van der Waals surface area contributed by atoms with Gasteiger partial charge in [0.1, 0.15) is 35.8 Å². The van der Waals surface area contributed by atoms with Crippen LogP contribution in [0.1, 0.15) is 13.2 Å². The molecule has 0 aromatic carbocycles. The molecule has 1 aliphatic heterocycles. The van der Waals surface area contributed by atoms with Crippen molar-refractivity contribution in [3.8, 4) is 0 Å². The summed E-state index contributed by atoms with van der Waals surface area (Å²) in [6, 6.07) is 1.65. The van der Waals surface area contributed by atoms with Crippen LogP contribution in [0.5, 0.6) is 0 Å². The Morgan fingerprint density at radius 3 is 2.96 bits per heavy atom. The third kappa shape index (κ3) is 2.85. The van der Waals surface area contributed by atoms with Gasteiger partial charge in [0.2, 0.25) is 14.7 Å². The number of hydrogen-bond acceptors (Lipinski definition) is 10. The quantitative estimate of drug-likeness (QED) is 0.258. The summed E-state index contributed by atoms with van der Waals surface area (Å²) in [6.45, 7) is 1.36. The summed E-state index contributed by atoms with van der Waals surface area (Å²) in [4.78, 5) is 22.0. The second-order valence-corrected chi connectivity index (χ2v) is 6.55. The number of aliphatic hydroxyl groups excluding tert-OH is 2. The molecule has 132 valence electrons. The van der Waals surface area contributed by atoms with E-state index in [1.807, 2.05) is 0 Å². The second kappa shape index (κ2) is 6.47. The van der Waals surface area contributed by atoms with Crippen LogP contribution in [0.3, 0.4) is 0 Å². The van der Waals surface area contributed by atoms with Gasteiger partial charge in [0, 0.05) is 6.20 Å². The van der Waals surface area contributed by atoms with E-state index in [-0.39, 0.29) is 5.82 Å². The van der Waals surface area contributed by atoms with Crippen LogP contribution in [0.15, 0.2) is 18.6 Å². The number of anilines is 1. The summed E-state index contributed by atoms with van der Waals surface area (Å²) < 4.78 is 11.5. The molecule has 0 radical (unpaired) electrons. The van der Waals surface area contributed by atoms with E-state index in [0.717, 1.165) is 0 Å². The normalized spacial score (nSPS) is 31.6. The Morgan fingerprint density at radius 1 is 1.50 bits per heavy atom. The van der Waals surface area contributed by atoms with Crippen molar-refractivity contribution in [2.75, 3.05) is 12.1 Å². The summed E-state index contributed by atoms with van der Waals surface area (Å²) >= 11 is 0. The van der Waals surface area contributed by atoms with E-state index in [9.17, 15) is 15.1 Å². The lowest BCUT2D eigenvalue weighted by Crippen LogP contribution is -2.44. The predicted octanol–water partition coefficient (Wildman–Crippen LogP) is -0.818. The molecule has 6 N–H and O–H groups in total. The molecule has 0 bridgehead atoms. The van der Waals surface area contributed by atoms with E-state index in [1.54, 1.807) is 12.3 Å². The zero-order valence-electron chi connectivity index (χ0n) is 12.6. The lowest BCUT2D eigenvalue weighted by atomic mass is 9.99. The first-order valence-electron chi connectivity index (χ1n) is 6.90. The topological polar surface area (TPSA) is 165 Å². The molecule has 12 heteroatoms. The van der Waals surface area contributed by atoms with Gasteiger partial charge in [-0.15, -0.1) is 0 Å². The highest BCUT2D eigenvalue weighted by Gasteiger charge is 2.55. The first kappa shape index (κ1) is 17.4. The van der Waals surface area contributed by atoms with Gasteiger partial charge in [-0.25, -0.2) is 9.97 Å². The molecule has 0 spiro atoms. The molecule has 5 atom stereocenters. The molecule has 1 saturated heterocycles. The number of rotatable bonds is 5. The Balaban J connectivity index is 1.88. The van der Waals surface area contributed by atoms with Crippen LogP contribution >= 0.6 is 8.38 Å². The SMILES string of the molecule is CC1(O)[C@@H](O)[C@@H](OOP(O)CO)O[C@H]1n1ccc2c(N)ncnc21. The van der Waals surface area contributed by atoms with Crippen molar-refractivity contribution in [1.29, 1.82) is 0 Å². The van der Waals surface area contributed by atoms with Crippen LogP contribution in [-0.4, -0.2) is 59.1 Å². The van der Waals surface area contributed by atoms with Crippen molar-refractivity contribution in [2.24, 2.45) is 0 Å². The van der Waals surface area contributed by atoms with E-state index in [2.05, 4.69) is 14.6 Å². The fourth-order valence-electron chi connectivity index (χ4n) is 2.48. The van der Waals surface area contributed by atoms with Crippen LogP contribution in [-0.2, 0) is 14.3 Å². The van der Waals surface area contributed by atoms with Gasteiger partial charge in [-0.05, 0) is 13.0 Å². The van der Waals surface area contributed by atoms with Crippen molar-refractivity contribution in [3.05, 3.63) is 18.6 Å². The zero-order valence-corrected chi connectivity index (χ0v) is 13.4. The van der Waals surface area contributed by atoms with E-state index in [4.69, 9.17) is 20.5 Å². The molecule has 2 unspecified atom stereocenters. The minimum atomic E-state index is -2.22. The molecule has 2 aromatic heterocycles. The smallest absolute Gasteiger partial charge is 0.232 e. The molecule has 0 aliphatic carbocycles. The Labute approximate surface area is 137 Å². The monoisotopic (exact) mass is 360 g/mol. The third-order valence-electron chi connectivity index (χ3n) is 3.76. The lowest BCUT2D eigenvalue weighted by molar-refractivity contribution is -0.332. The largest absolute Gasteiger partial charge is 0.387 e. The number of nitrogens with two attached hydrogens (primary N) is 1. The molecule has 24 heavy (non-hydrogen) atoms. The number of fused-ring (bicyclic) bond motifs is 1. The van der Waals surface area contributed by atoms with Gasteiger partial charge in [-0.2, -0.15) is 9.56 Å². The van der Waals surface area contributed by atoms with Crippen molar-refractivity contribution in [2.45, 2.75) is 31.1 Å². The van der Waals surface area contributed by atoms with Crippen LogP contribution in [0.2, 0.25) is 0 Å². The standard InChI is InChI=1S/C12H17N4O7P/c1-12(19)7(18)10(22-23-24(20)5-17)21-11(12)16-3-2-6-8(13)14-4-15-9(6)16/h2-4,7,10-11,17-20H,5H2,1H3,(H2,13,14,15)/t7-,10+,11+,12?,24?/m0/s1. The molecule has 11 nitrogen and oxygen atoms in total. The predicted molar refractivity (Wildman–Crippen MR) is 80.9 cm³/mol. The van der Waals surface area contributed by atoms with E-state index in [1.165, 1.54) is 17.8 Å². The van der Waals surface area contributed by atoms with Gasteiger partial charge >= 0.3 is 0 Å². The zero-order chi connectivity index (χ0) is 17.5. The number of ether oxygens (including phenoxy) is 1. The molecule has 0 saturated carbocycles. The average Bonchev–Trinajstić information content (AvgIpc) is 3.07. The van der Waals surface area contributed by atoms with Crippen molar-refractivity contribution in [1.82, 2.24) is 14.5 Å². The van der Waals surface area contributed by atoms with Crippen molar-refractivity contribution in [3.63, 3.8) is 0 Å². The summed E-state index contributed by atoms with van der Waals surface area (Å²) in [5.41, 5.74) is 4.43. The van der Waals surface area contributed by atoms with Gasteiger partial charge in [-0.3, -0.25) is 0 Å².